The van der Waals surface area contributed by atoms with Crippen molar-refractivity contribution in [1.29, 1.82) is 0 Å². The molecule has 0 aromatic rings. The summed E-state index contributed by atoms with van der Waals surface area (Å²) in [4.78, 5) is 0. The van der Waals surface area contributed by atoms with Crippen LogP contribution in [0.4, 0.5) is 0 Å². The van der Waals surface area contributed by atoms with Crippen molar-refractivity contribution in [3.05, 3.63) is 0 Å². The van der Waals surface area contributed by atoms with Gasteiger partial charge in [0.1, 0.15) is 0 Å². The molecule has 4 unspecified atom stereocenters. The van der Waals surface area contributed by atoms with Crippen LogP contribution in [0.5, 0.6) is 0 Å². The van der Waals surface area contributed by atoms with Crippen molar-refractivity contribution in [1.82, 2.24) is 0 Å². The van der Waals surface area contributed by atoms with Gasteiger partial charge in [0.05, 0.1) is 11.7 Å². The molecule has 4 atom stereocenters. The second kappa shape index (κ2) is 7.69. The molecule has 3 heterocycles. The smallest absolute Gasteiger partial charge is 0.0701 e. The minimum absolute atomic E-state index is 0.101. The summed E-state index contributed by atoms with van der Waals surface area (Å²) in [5.41, 5.74) is 0.101. The van der Waals surface area contributed by atoms with Gasteiger partial charge in [-0.05, 0) is 49.5 Å². The van der Waals surface area contributed by atoms with Crippen molar-refractivity contribution in [3.63, 3.8) is 0 Å². The van der Waals surface area contributed by atoms with Crippen LogP contribution < -0.4 is 0 Å². The zero-order valence-corrected chi connectivity index (χ0v) is 15.4. The lowest BCUT2D eigenvalue weighted by Crippen LogP contribution is -2.49. The topological polar surface area (TPSA) is 29.5 Å². The number of aliphatic hydroxyl groups excluding tert-OH is 1. The van der Waals surface area contributed by atoms with E-state index < -0.39 is 0 Å². The first-order chi connectivity index (χ1) is 10.2. The van der Waals surface area contributed by atoms with Crippen LogP contribution >= 0.6 is 35.3 Å². The van der Waals surface area contributed by atoms with Gasteiger partial charge < -0.3 is 9.84 Å². The van der Waals surface area contributed by atoms with Crippen LogP contribution in [-0.2, 0) is 4.74 Å². The van der Waals surface area contributed by atoms with E-state index in [9.17, 15) is 5.11 Å². The van der Waals surface area contributed by atoms with E-state index >= 15 is 0 Å². The van der Waals surface area contributed by atoms with Gasteiger partial charge in [0.15, 0.2) is 0 Å². The molecule has 1 N–H and O–H groups in total. The van der Waals surface area contributed by atoms with Crippen LogP contribution in [0.1, 0.15) is 39.0 Å². The van der Waals surface area contributed by atoms with Crippen molar-refractivity contribution in [2.45, 2.75) is 61.2 Å². The quantitative estimate of drug-likeness (QED) is 0.840. The molecule has 0 aliphatic carbocycles. The normalized spacial score (nSPS) is 38.3. The maximum Gasteiger partial charge on any atom is 0.0701 e. The fourth-order valence-corrected chi connectivity index (χ4v) is 8.44. The molecular formula is C16H28O2S3. The Morgan fingerprint density at radius 3 is 2.71 bits per heavy atom. The summed E-state index contributed by atoms with van der Waals surface area (Å²) in [6.07, 6.45) is 5.56. The van der Waals surface area contributed by atoms with Crippen LogP contribution in [0.3, 0.4) is 0 Å². The van der Waals surface area contributed by atoms with Crippen LogP contribution in [0.2, 0.25) is 0 Å². The van der Waals surface area contributed by atoms with Gasteiger partial charge in [-0.25, -0.2) is 0 Å². The highest BCUT2D eigenvalue weighted by Crippen LogP contribution is 2.44. The molecule has 3 saturated heterocycles. The highest BCUT2D eigenvalue weighted by molar-refractivity contribution is 8.07. The van der Waals surface area contributed by atoms with Crippen molar-refractivity contribution in [2.75, 3.05) is 29.6 Å². The molecule has 21 heavy (non-hydrogen) atoms. The van der Waals surface area contributed by atoms with Gasteiger partial charge in [0.25, 0.3) is 0 Å². The summed E-state index contributed by atoms with van der Waals surface area (Å²) >= 11 is 6.15. The maximum absolute atomic E-state index is 11.0. The van der Waals surface area contributed by atoms with E-state index in [0.717, 1.165) is 19.4 Å². The van der Waals surface area contributed by atoms with E-state index in [0.29, 0.717) is 16.4 Å². The number of rotatable bonds is 3. The number of hydrogen-bond donors (Lipinski definition) is 1. The van der Waals surface area contributed by atoms with Crippen LogP contribution in [0.15, 0.2) is 0 Å². The lowest BCUT2D eigenvalue weighted by atomic mass is 9.78. The monoisotopic (exact) mass is 348 g/mol. The van der Waals surface area contributed by atoms with Gasteiger partial charge >= 0.3 is 0 Å². The van der Waals surface area contributed by atoms with E-state index in [-0.39, 0.29) is 11.7 Å². The SMILES string of the molecule is CCC1SCCSC1C(O)C1CCOC2(CCSCC2)C1. The van der Waals surface area contributed by atoms with E-state index in [1.165, 1.54) is 42.3 Å². The molecule has 3 aliphatic heterocycles. The molecule has 2 nitrogen and oxygen atoms in total. The molecule has 122 valence electrons. The van der Waals surface area contributed by atoms with Crippen LogP contribution in [-0.4, -0.2) is 56.9 Å². The molecule has 0 bridgehead atoms. The van der Waals surface area contributed by atoms with Gasteiger partial charge in [-0.15, -0.1) is 0 Å². The molecule has 0 amide bonds. The molecule has 1 spiro atoms. The van der Waals surface area contributed by atoms with Crippen molar-refractivity contribution >= 4 is 35.3 Å². The molecule has 3 rings (SSSR count). The maximum atomic E-state index is 11.0. The number of thioether (sulfide) groups is 3. The van der Waals surface area contributed by atoms with Gasteiger partial charge in [0, 0.05) is 28.6 Å². The van der Waals surface area contributed by atoms with Gasteiger partial charge in [-0.3, -0.25) is 0 Å². The predicted octanol–water partition coefficient (Wildman–Crippen LogP) is 3.67. The summed E-state index contributed by atoms with van der Waals surface area (Å²) in [6, 6.07) is 0. The third-order valence-corrected chi connectivity index (χ3v) is 9.59. The number of ether oxygens (including phenoxy) is 1. The first-order valence-corrected chi connectivity index (χ1v) is 11.6. The van der Waals surface area contributed by atoms with Crippen LogP contribution in [0, 0.1) is 5.92 Å². The Hall–Kier alpha value is 0.970. The minimum atomic E-state index is -0.136. The highest BCUT2D eigenvalue weighted by Gasteiger charge is 2.44. The lowest BCUT2D eigenvalue weighted by molar-refractivity contribution is -0.120. The van der Waals surface area contributed by atoms with Crippen molar-refractivity contribution < 1.29 is 9.84 Å². The third kappa shape index (κ3) is 3.90. The fourth-order valence-electron chi connectivity index (χ4n) is 3.97. The average molecular weight is 349 g/mol. The molecule has 0 aromatic carbocycles. The molecule has 0 radical (unpaired) electrons. The van der Waals surface area contributed by atoms with Gasteiger partial charge in [0.2, 0.25) is 0 Å². The lowest BCUT2D eigenvalue weighted by Gasteiger charge is -2.46. The summed E-state index contributed by atoms with van der Waals surface area (Å²) in [6.45, 7) is 3.13. The predicted molar refractivity (Wildman–Crippen MR) is 96.8 cm³/mol. The van der Waals surface area contributed by atoms with E-state index in [1.54, 1.807) is 0 Å². The van der Waals surface area contributed by atoms with Gasteiger partial charge in [-0.2, -0.15) is 35.3 Å². The highest BCUT2D eigenvalue weighted by atomic mass is 32.2. The minimum Gasteiger partial charge on any atom is -0.392 e. The average Bonchev–Trinajstić information content (AvgIpc) is 2.55. The van der Waals surface area contributed by atoms with E-state index in [4.69, 9.17) is 4.74 Å². The zero-order valence-electron chi connectivity index (χ0n) is 13.0. The Kier molecular flexibility index (Phi) is 6.16. The van der Waals surface area contributed by atoms with E-state index in [2.05, 4.69) is 30.4 Å². The Bertz CT molecular complexity index is 328. The van der Waals surface area contributed by atoms with Crippen molar-refractivity contribution in [2.24, 2.45) is 5.92 Å². The summed E-state index contributed by atoms with van der Waals surface area (Å²) in [7, 11) is 0. The third-order valence-electron chi connectivity index (χ3n) is 5.25. The summed E-state index contributed by atoms with van der Waals surface area (Å²) < 4.78 is 6.19. The second-order valence-electron chi connectivity index (χ2n) is 6.54. The number of aliphatic hydroxyl groups is 1. The Balaban J connectivity index is 1.64. The van der Waals surface area contributed by atoms with Crippen molar-refractivity contribution in [3.8, 4) is 0 Å². The molecule has 5 heteroatoms. The molecule has 3 fully saturated rings. The summed E-state index contributed by atoms with van der Waals surface area (Å²) in [5.74, 6) is 5.37. The van der Waals surface area contributed by atoms with Gasteiger partial charge in [-0.1, -0.05) is 6.92 Å². The summed E-state index contributed by atoms with van der Waals surface area (Å²) in [5, 5.41) is 12.1. The molecule has 0 aromatic heterocycles. The van der Waals surface area contributed by atoms with E-state index in [1.807, 2.05) is 11.8 Å². The van der Waals surface area contributed by atoms with Crippen LogP contribution in [0.25, 0.3) is 0 Å². The Labute approximate surface area is 141 Å². The number of hydrogen-bond acceptors (Lipinski definition) is 5. The first kappa shape index (κ1) is 16.8. The Morgan fingerprint density at radius 2 is 1.95 bits per heavy atom. The second-order valence-corrected chi connectivity index (χ2v) is 10.4. The zero-order chi connectivity index (χ0) is 14.7. The molecule has 3 aliphatic rings. The molecule has 0 saturated carbocycles. The fraction of sp³-hybridized carbons (Fsp3) is 1.00. The largest absolute Gasteiger partial charge is 0.392 e. The Morgan fingerprint density at radius 1 is 1.19 bits per heavy atom. The first-order valence-electron chi connectivity index (χ1n) is 8.37. The molecular weight excluding hydrogens is 320 g/mol. The standard InChI is InChI=1S/C16H28O2S3/c1-2-13-15(21-10-9-20-13)14(17)12-3-6-18-16(11-12)4-7-19-8-5-16/h12-15,17H,2-11H2,1H3.